The number of hydrogen-bond donors (Lipinski definition) is 2. The monoisotopic (exact) mass is 340 g/mol. The van der Waals surface area contributed by atoms with Crippen molar-refractivity contribution in [2.24, 2.45) is 5.84 Å². The van der Waals surface area contributed by atoms with Crippen LogP contribution < -0.4 is 11.3 Å². The van der Waals surface area contributed by atoms with Crippen LogP contribution in [0.4, 0.5) is 5.82 Å². The van der Waals surface area contributed by atoms with Gasteiger partial charge in [0.1, 0.15) is 11.4 Å². The number of carbonyl (C=O) groups excluding carboxylic acids is 1. The number of rotatable bonds is 5. The van der Waals surface area contributed by atoms with Gasteiger partial charge in [-0.15, -0.1) is 0 Å². The number of benzene rings is 1. The average molecular weight is 341 g/mol. The second-order valence-corrected chi connectivity index (χ2v) is 5.15. The number of halogens is 2. The molecule has 0 saturated carbocycles. The van der Waals surface area contributed by atoms with Gasteiger partial charge in [0.05, 0.1) is 16.7 Å². The zero-order chi connectivity index (χ0) is 16.1. The van der Waals surface area contributed by atoms with Crippen molar-refractivity contribution < 1.29 is 9.53 Å². The maximum Gasteiger partial charge on any atom is 0.343 e. The van der Waals surface area contributed by atoms with E-state index in [-0.39, 0.29) is 18.0 Å². The highest BCUT2D eigenvalue weighted by molar-refractivity contribution is 6.42. The number of hydrazine groups is 1. The van der Waals surface area contributed by atoms with Gasteiger partial charge in [0.15, 0.2) is 5.82 Å². The maximum atomic E-state index is 11.7. The number of nitrogens with zero attached hydrogens (tertiary/aromatic N) is 2. The first-order valence-corrected chi connectivity index (χ1v) is 7.24. The van der Waals surface area contributed by atoms with Gasteiger partial charge in [0, 0.05) is 12.6 Å². The van der Waals surface area contributed by atoms with E-state index in [1.807, 2.05) is 6.07 Å². The lowest BCUT2D eigenvalue weighted by atomic mass is 10.1. The zero-order valence-corrected chi connectivity index (χ0v) is 13.3. The standard InChI is InChI=1S/C14H14Cl2N4O2/c1-2-22-14(21)9-7-18-12(19-13(9)20-17)6-8-3-4-10(15)11(16)5-8/h3-5,7H,2,6,17H2,1H3,(H,18,19,20). The van der Waals surface area contributed by atoms with Crippen molar-refractivity contribution in [3.8, 4) is 0 Å². The Morgan fingerprint density at radius 3 is 2.77 bits per heavy atom. The van der Waals surface area contributed by atoms with Crippen LogP contribution >= 0.6 is 23.2 Å². The largest absolute Gasteiger partial charge is 0.462 e. The summed E-state index contributed by atoms with van der Waals surface area (Å²) in [5.74, 6) is 5.57. The molecule has 0 aliphatic rings. The van der Waals surface area contributed by atoms with Crippen molar-refractivity contribution in [3.63, 3.8) is 0 Å². The minimum Gasteiger partial charge on any atom is -0.462 e. The first kappa shape index (κ1) is 16.5. The molecule has 0 amide bonds. The number of nitrogen functional groups attached to an aromatic ring is 1. The fourth-order valence-electron chi connectivity index (χ4n) is 1.80. The molecule has 116 valence electrons. The van der Waals surface area contributed by atoms with Crippen LogP contribution in [-0.4, -0.2) is 22.5 Å². The SMILES string of the molecule is CCOC(=O)c1cnc(Cc2ccc(Cl)c(Cl)c2)nc1NN. The zero-order valence-electron chi connectivity index (χ0n) is 11.8. The van der Waals surface area contributed by atoms with Crippen molar-refractivity contribution in [3.05, 3.63) is 51.4 Å². The number of anilines is 1. The first-order valence-electron chi connectivity index (χ1n) is 6.48. The molecule has 8 heteroatoms. The first-order chi connectivity index (χ1) is 10.5. The number of nitrogens with one attached hydrogen (secondary N) is 1. The van der Waals surface area contributed by atoms with E-state index in [0.717, 1.165) is 5.56 Å². The highest BCUT2D eigenvalue weighted by Crippen LogP contribution is 2.23. The fraction of sp³-hybridized carbons (Fsp3) is 0.214. The quantitative estimate of drug-likeness (QED) is 0.494. The molecule has 1 heterocycles. The smallest absolute Gasteiger partial charge is 0.343 e. The molecule has 2 rings (SSSR count). The van der Waals surface area contributed by atoms with Crippen LogP contribution in [0, 0.1) is 0 Å². The molecular weight excluding hydrogens is 327 g/mol. The van der Waals surface area contributed by atoms with Gasteiger partial charge in [-0.1, -0.05) is 29.3 Å². The summed E-state index contributed by atoms with van der Waals surface area (Å²) in [7, 11) is 0. The molecular formula is C14H14Cl2N4O2. The Labute approximate surface area is 137 Å². The summed E-state index contributed by atoms with van der Waals surface area (Å²) in [6.07, 6.45) is 1.81. The summed E-state index contributed by atoms with van der Waals surface area (Å²) in [5, 5.41) is 0.938. The lowest BCUT2D eigenvalue weighted by molar-refractivity contribution is 0.0526. The van der Waals surface area contributed by atoms with E-state index in [9.17, 15) is 4.79 Å². The number of aromatic nitrogens is 2. The number of carbonyl (C=O) groups is 1. The minimum atomic E-state index is -0.531. The van der Waals surface area contributed by atoms with Crippen LogP contribution in [0.3, 0.4) is 0 Å². The van der Waals surface area contributed by atoms with Gasteiger partial charge in [0.25, 0.3) is 0 Å². The predicted molar refractivity (Wildman–Crippen MR) is 85.1 cm³/mol. The number of nitrogens with two attached hydrogens (primary N) is 1. The van der Waals surface area contributed by atoms with Crippen LogP contribution in [0.1, 0.15) is 28.7 Å². The second kappa shape index (κ2) is 7.40. The van der Waals surface area contributed by atoms with Gasteiger partial charge in [-0.05, 0) is 24.6 Å². The Kier molecular flexibility index (Phi) is 5.54. The van der Waals surface area contributed by atoms with Gasteiger partial charge >= 0.3 is 5.97 Å². The molecule has 0 bridgehead atoms. The Hall–Kier alpha value is -1.89. The van der Waals surface area contributed by atoms with Gasteiger partial charge < -0.3 is 10.2 Å². The summed E-state index contributed by atoms with van der Waals surface area (Å²) < 4.78 is 4.91. The van der Waals surface area contributed by atoms with E-state index < -0.39 is 5.97 Å². The van der Waals surface area contributed by atoms with E-state index >= 15 is 0 Å². The number of hydrogen-bond acceptors (Lipinski definition) is 6. The third kappa shape index (κ3) is 3.85. The van der Waals surface area contributed by atoms with Gasteiger partial charge in [-0.25, -0.2) is 20.6 Å². The van der Waals surface area contributed by atoms with Gasteiger partial charge in [-0.2, -0.15) is 0 Å². The molecule has 0 aliphatic heterocycles. The molecule has 2 aromatic rings. The molecule has 22 heavy (non-hydrogen) atoms. The average Bonchev–Trinajstić information content (AvgIpc) is 2.51. The lowest BCUT2D eigenvalue weighted by Crippen LogP contribution is -2.17. The van der Waals surface area contributed by atoms with Gasteiger partial charge in [0.2, 0.25) is 0 Å². The van der Waals surface area contributed by atoms with E-state index in [4.69, 9.17) is 33.8 Å². The van der Waals surface area contributed by atoms with Crippen LogP contribution in [0.2, 0.25) is 10.0 Å². The molecule has 0 fully saturated rings. The van der Waals surface area contributed by atoms with Crippen LogP contribution in [0.15, 0.2) is 24.4 Å². The molecule has 0 spiro atoms. The molecule has 0 atom stereocenters. The Bertz CT molecular complexity index is 695. The van der Waals surface area contributed by atoms with Crippen LogP contribution in [0.5, 0.6) is 0 Å². The minimum absolute atomic E-state index is 0.183. The van der Waals surface area contributed by atoms with Crippen molar-refractivity contribution in [2.45, 2.75) is 13.3 Å². The van der Waals surface area contributed by atoms with E-state index in [1.54, 1.807) is 19.1 Å². The third-order valence-electron chi connectivity index (χ3n) is 2.82. The Morgan fingerprint density at radius 1 is 1.36 bits per heavy atom. The molecule has 1 aromatic heterocycles. The summed E-state index contributed by atoms with van der Waals surface area (Å²) in [6.45, 7) is 1.97. The second-order valence-electron chi connectivity index (χ2n) is 4.34. The summed E-state index contributed by atoms with van der Waals surface area (Å²) in [5.41, 5.74) is 3.46. The van der Waals surface area contributed by atoms with Gasteiger partial charge in [-0.3, -0.25) is 0 Å². The Morgan fingerprint density at radius 2 is 2.14 bits per heavy atom. The fourth-order valence-corrected chi connectivity index (χ4v) is 2.12. The summed E-state index contributed by atoms with van der Waals surface area (Å²) in [4.78, 5) is 20.1. The van der Waals surface area contributed by atoms with Crippen molar-refractivity contribution in [1.29, 1.82) is 0 Å². The lowest BCUT2D eigenvalue weighted by Gasteiger charge is -2.09. The topological polar surface area (TPSA) is 90.1 Å². The molecule has 0 radical (unpaired) electrons. The predicted octanol–water partition coefficient (Wildman–Crippen LogP) is 2.84. The summed E-state index contributed by atoms with van der Waals surface area (Å²) in [6, 6.07) is 5.27. The normalized spacial score (nSPS) is 10.4. The molecule has 0 saturated heterocycles. The van der Waals surface area contributed by atoms with Crippen molar-refractivity contribution in [1.82, 2.24) is 9.97 Å². The number of esters is 1. The molecule has 0 aliphatic carbocycles. The molecule has 3 N–H and O–H groups in total. The van der Waals surface area contributed by atoms with Crippen molar-refractivity contribution >= 4 is 35.0 Å². The van der Waals surface area contributed by atoms with Crippen molar-refractivity contribution in [2.75, 3.05) is 12.0 Å². The summed E-state index contributed by atoms with van der Waals surface area (Å²) >= 11 is 11.8. The Balaban J connectivity index is 2.25. The van der Waals surface area contributed by atoms with Crippen LogP contribution in [0.25, 0.3) is 0 Å². The number of ether oxygens (including phenoxy) is 1. The third-order valence-corrected chi connectivity index (χ3v) is 3.56. The molecule has 1 aromatic carbocycles. The van der Waals surface area contributed by atoms with E-state index in [2.05, 4.69) is 15.4 Å². The molecule has 0 unspecified atom stereocenters. The maximum absolute atomic E-state index is 11.7. The van der Waals surface area contributed by atoms with Crippen LogP contribution in [-0.2, 0) is 11.2 Å². The highest BCUT2D eigenvalue weighted by Gasteiger charge is 2.15. The van der Waals surface area contributed by atoms with E-state index in [0.29, 0.717) is 22.3 Å². The molecule has 6 nitrogen and oxygen atoms in total. The highest BCUT2D eigenvalue weighted by atomic mass is 35.5. The van der Waals surface area contributed by atoms with E-state index in [1.165, 1.54) is 6.20 Å².